The molecule has 0 saturated carbocycles. The van der Waals surface area contributed by atoms with Crippen molar-refractivity contribution < 1.29 is 18.3 Å². The first-order valence-corrected chi connectivity index (χ1v) is 6.20. The maximum absolute atomic E-state index is 13.3. The molecule has 2 N–H and O–H groups in total. The number of hydrogen-bond acceptors (Lipinski definition) is 5. The second-order valence-electron chi connectivity index (χ2n) is 3.61. The first kappa shape index (κ1) is 13.5. The van der Waals surface area contributed by atoms with Gasteiger partial charge in [0, 0.05) is 10.0 Å². The van der Waals surface area contributed by atoms with Crippen LogP contribution in [0.2, 0.25) is 0 Å². The molecule has 0 radical (unpaired) electrons. The van der Waals surface area contributed by atoms with E-state index in [4.69, 9.17) is 14.9 Å². The summed E-state index contributed by atoms with van der Waals surface area (Å²) in [6, 6.07) is 4.12. The maximum Gasteiger partial charge on any atom is 0.362 e. The molecular formula is C12H10BrFN2O3. The maximum atomic E-state index is 13.3. The molecule has 5 nitrogen and oxygen atoms in total. The number of esters is 1. The zero-order chi connectivity index (χ0) is 14.0. The summed E-state index contributed by atoms with van der Waals surface area (Å²) in [7, 11) is 0. The third-order valence-corrected chi connectivity index (χ3v) is 2.69. The summed E-state index contributed by atoms with van der Waals surface area (Å²) in [6.45, 7) is 1.87. The van der Waals surface area contributed by atoms with Crippen molar-refractivity contribution in [3.05, 3.63) is 34.2 Å². The highest BCUT2D eigenvalue weighted by atomic mass is 79.9. The second kappa shape index (κ2) is 5.40. The molecule has 0 amide bonds. The van der Waals surface area contributed by atoms with Crippen molar-refractivity contribution in [1.82, 2.24) is 4.98 Å². The average molecular weight is 329 g/mol. The molecule has 0 atom stereocenters. The van der Waals surface area contributed by atoms with Crippen LogP contribution in [0.25, 0.3) is 11.5 Å². The standard InChI is InChI=1S/C12H10BrFN2O3/c1-2-18-12(17)9-10(15)19-11(16-9)6-3-7(13)5-8(14)4-6/h3-5H,2,15H2,1H3. The van der Waals surface area contributed by atoms with E-state index in [-0.39, 0.29) is 24.1 Å². The van der Waals surface area contributed by atoms with E-state index in [9.17, 15) is 9.18 Å². The number of ether oxygens (including phenoxy) is 1. The van der Waals surface area contributed by atoms with E-state index in [1.165, 1.54) is 12.1 Å². The van der Waals surface area contributed by atoms with Gasteiger partial charge >= 0.3 is 5.97 Å². The summed E-state index contributed by atoms with van der Waals surface area (Å²) in [5.41, 5.74) is 5.81. The molecule has 2 aromatic rings. The van der Waals surface area contributed by atoms with Crippen LogP contribution in [0.3, 0.4) is 0 Å². The topological polar surface area (TPSA) is 78.3 Å². The number of rotatable bonds is 3. The average Bonchev–Trinajstić information content (AvgIpc) is 2.70. The van der Waals surface area contributed by atoms with Gasteiger partial charge in [0.05, 0.1) is 6.61 Å². The molecule has 0 bridgehead atoms. The number of oxazole rings is 1. The zero-order valence-corrected chi connectivity index (χ0v) is 11.5. The third kappa shape index (κ3) is 2.93. The number of nitrogens with two attached hydrogens (primary N) is 1. The highest BCUT2D eigenvalue weighted by Gasteiger charge is 2.20. The molecule has 0 unspecified atom stereocenters. The van der Waals surface area contributed by atoms with Gasteiger partial charge in [0.2, 0.25) is 17.5 Å². The Morgan fingerprint density at radius 3 is 2.89 bits per heavy atom. The van der Waals surface area contributed by atoms with Crippen molar-refractivity contribution in [2.45, 2.75) is 6.92 Å². The Kier molecular flexibility index (Phi) is 3.84. The van der Waals surface area contributed by atoms with Crippen LogP contribution < -0.4 is 5.73 Å². The Morgan fingerprint density at radius 1 is 1.53 bits per heavy atom. The predicted molar refractivity (Wildman–Crippen MR) is 70.0 cm³/mol. The zero-order valence-electron chi connectivity index (χ0n) is 9.94. The molecule has 0 aliphatic heterocycles. The van der Waals surface area contributed by atoms with Crippen molar-refractivity contribution in [1.29, 1.82) is 0 Å². The van der Waals surface area contributed by atoms with Gasteiger partial charge in [-0.15, -0.1) is 0 Å². The number of nitrogen functional groups attached to an aromatic ring is 1. The monoisotopic (exact) mass is 328 g/mol. The lowest BCUT2D eigenvalue weighted by Gasteiger charge is -1.97. The van der Waals surface area contributed by atoms with Gasteiger partial charge < -0.3 is 14.9 Å². The lowest BCUT2D eigenvalue weighted by Crippen LogP contribution is -2.07. The summed E-state index contributed by atoms with van der Waals surface area (Å²) in [5, 5.41) is 0. The summed E-state index contributed by atoms with van der Waals surface area (Å²) in [5.74, 6) is -1.24. The van der Waals surface area contributed by atoms with Gasteiger partial charge in [-0.3, -0.25) is 0 Å². The molecule has 1 aromatic carbocycles. The Bertz CT molecular complexity index is 607. The molecule has 2 rings (SSSR count). The summed E-state index contributed by atoms with van der Waals surface area (Å²) >= 11 is 3.16. The summed E-state index contributed by atoms with van der Waals surface area (Å²) < 4.78 is 23.7. The van der Waals surface area contributed by atoms with Gasteiger partial charge in [0.15, 0.2) is 0 Å². The van der Waals surface area contributed by atoms with Crippen LogP contribution in [0.15, 0.2) is 27.1 Å². The number of carbonyl (C=O) groups excluding carboxylic acids is 1. The predicted octanol–water partition coefficient (Wildman–Crippen LogP) is 3.00. The van der Waals surface area contributed by atoms with Crippen LogP contribution in [-0.2, 0) is 4.74 Å². The second-order valence-corrected chi connectivity index (χ2v) is 4.53. The lowest BCUT2D eigenvalue weighted by molar-refractivity contribution is 0.0521. The summed E-state index contributed by atoms with van der Waals surface area (Å²) in [4.78, 5) is 15.5. The number of anilines is 1. The minimum Gasteiger partial charge on any atom is -0.461 e. The van der Waals surface area contributed by atoms with E-state index >= 15 is 0 Å². The van der Waals surface area contributed by atoms with Gasteiger partial charge in [0.25, 0.3) is 0 Å². The molecule has 19 heavy (non-hydrogen) atoms. The molecule has 0 spiro atoms. The van der Waals surface area contributed by atoms with Crippen LogP contribution in [0.4, 0.5) is 10.3 Å². The highest BCUT2D eigenvalue weighted by molar-refractivity contribution is 9.10. The molecule has 1 heterocycles. The molecule has 0 aliphatic carbocycles. The molecule has 0 aliphatic rings. The van der Waals surface area contributed by atoms with Crippen molar-refractivity contribution in [2.75, 3.05) is 12.3 Å². The Morgan fingerprint density at radius 2 is 2.26 bits per heavy atom. The smallest absolute Gasteiger partial charge is 0.362 e. The molecule has 0 saturated heterocycles. The minimum atomic E-state index is -0.675. The number of nitrogens with zero attached hydrogens (tertiary/aromatic N) is 1. The minimum absolute atomic E-state index is 0.0563. The number of halogens is 2. The van der Waals surface area contributed by atoms with E-state index < -0.39 is 11.8 Å². The Balaban J connectivity index is 2.41. The normalized spacial score (nSPS) is 10.5. The van der Waals surface area contributed by atoms with Crippen molar-refractivity contribution >= 4 is 27.8 Å². The van der Waals surface area contributed by atoms with Gasteiger partial charge in [-0.1, -0.05) is 15.9 Å². The highest BCUT2D eigenvalue weighted by Crippen LogP contribution is 2.27. The fraction of sp³-hybridized carbons (Fsp3) is 0.167. The van der Waals surface area contributed by atoms with Crippen LogP contribution in [0.5, 0.6) is 0 Å². The van der Waals surface area contributed by atoms with Gasteiger partial charge in [0.1, 0.15) is 5.82 Å². The van der Waals surface area contributed by atoms with E-state index in [0.717, 1.165) is 0 Å². The van der Waals surface area contributed by atoms with E-state index in [1.807, 2.05) is 0 Å². The quantitative estimate of drug-likeness (QED) is 0.876. The number of benzene rings is 1. The Labute approximate surface area is 116 Å². The molecule has 1 aromatic heterocycles. The van der Waals surface area contributed by atoms with Crippen molar-refractivity contribution in [3.63, 3.8) is 0 Å². The first-order chi connectivity index (χ1) is 9.01. The molecule has 7 heteroatoms. The lowest BCUT2D eigenvalue weighted by atomic mass is 10.2. The largest absolute Gasteiger partial charge is 0.461 e. The van der Waals surface area contributed by atoms with Crippen LogP contribution in [0, 0.1) is 5.82 Å². The van der Waals surface area contributed by atoms with Crippen molar-refractivity contribution in [3.8, 4) is 11.5 Å². The van der Waals surface area contributed by atoms with Crippen LogP contribution in [0.1, 0.15) is 17.4 Å². The summed E-state index contributed by atoms with van der Waals surface area (Å²) in [6.07, 6.45) is 0. The fourth-order valence-electron chi connectivity index (χ4n) is 1.48. The Hall–Kier alpha value is -1.89. The fourth-order valence-corrected chi connectivity index (χ4v) is 1.94. The van der Waals surface area contributed by atoms with Gasteiger partial charge in [-0.05, 0) is 25.1 Å². The third-order valence-electron chi connectivity index (χ3n) is 2.23. The van der Waals surface area contributed by atoms with Gasteiger partial charge in [-0.2, -0.15) is 4.98 Å². The van der Waals surface area contributed by atoms with Crippen LogP contribution >= 0.6 is 15.9 Å². The van der Waals surface area contributed by atoms with Crippen molar-refractivity contribution in [2.24, 2.45) is 0 Å². The van der Waals surface area contributed by atoms with Crippen LogP contribution in [-0.4, -0.2) is 17.6 Å². The van der Waals surface area contributed by atoms with E-state index in [0.29, 0.717) is 10.0 Å². The molecule has 100 valence electrons. The molecule has 0 fully saturated rings. The number of aromatic nitrogens is 1. The van der Waals surface area contributed by atoms with E-state index in [1.54, 1.807) is 13.0 Å². The first-order valence-electron chi connectivity index (χ1n) is 5.41. The molecular weight excluding hydrogens is 319 g/mol. The SMILES string of the molecule is CCOC(=O)c1nc(-c2cc(F)cc(Br)c2)oc1N. The van der Waals surface area contributed by atoms with Gasteiger partial charge in [-0.25, -0.2) is 9.18 Å². The number of carbonyl (C=O) groups is 1. The number of hydrogen-bond donors (Lipinski definition) is 1. The van der Waals surface area contributed by atoms with E-state index in [2.05, 4.69) is 20.9 Å².